The van der Waals surface area contributed by atoms with Crippen molar-refractivity contribution in [3.63, 3.8) is 0 Å². The summed E-state index contributed by atoms with van der Waals surface area (Å²) in [5.74, 6) is -0.126. The van der Waals surface area contributed by atoms with Gasteiger partial charge in [-0.3, -0.25) is 4.79 Å². The molecule has 0 bridgehead atoms. The van der Waals surface area contributed by atoms with Crippen LogP contribution in [0.5, 0.6) is 5.75 Å². The molecule has 0 fully saturated rings. The van der Waals surface area contributed by atoms with Gasteiger partial charge in [0.15, 0.2) is 0 Å². The minimum Gasteiger partial charge on any atom is -0.508 e. The van der Waals surface area contributed by atoms with Crippen LogP contribution in [-0.4, -0.2) is 17.6 Å². The molecule has 3 rings (SSSR count). The highest BCUT2D eigenvalue weighted by Crippen LogP contribution is 2.26. The number of carbonyl (C=O) groups excluding carboxylic acids is 1. The molecular formula is C25H29N3O2. The van der Waals surface area contributed by atoms with Gasteiger partial charge >= 0.3 is 0 Å². The van der Waals surface area contributed by atoms with Crippen molar-refractivity contribution in [3.05, 3.63) is 76.5 Å². The molecule has 5 nitrogen and oxygen atoms in total. The maximum Gasteiger partial charge on any atom is 0.263 e. The van der Waals surface area contributed by atoms with E-state index in [2.05, 4.69) is 28.8 Å². The maximum atomic E-state index is 12.6. The Kier molecular flexibility index (Phi) is 7.51. The minimum absolute atomic E-state index is 0.0668. The lowest BCUT2D eigenvalue weighted by atomic mass is 9.88. The molecule has 1 atom stereocenters. The Hall–Kier alpha value is -3.26. The number of fused-ring (bicyclic) bond motifs is 1. The van der Waals surface area contributed by atoms with Gasteiger partial charge in [-0.1, -0.05) is 37.3 Å². The third-order valence-electron chi connectivity index (χ3n) is 5.59. The van der Waals surface area contributed by atoms with Gasteiger partial charge in [-0.15, -0.1) is 0 Å². The first-order valence-electron chi connectivity index (χ1n) is 10.6. The third kappa shape index (κ3) is 5.64. The van der Waals surface area contributed by atoms with Gasteiger partial charge in [0, 0.05) is 12.7 Å². The van der Waals surface area contributed by atoms with Crippen LogP contribution in [0.25, 0.3) is 0 Å². The maximum absolute atomic E-state index is 12.6. The molecule has 3 N–H and O–H groups in total. The Morgan fingerprint density at radius 2 is 1.90 bits per heavy atom. The lowest BCUT2D eigenvalue weighted by molar-refractivity contribution is -0.117. The van der Waals surface area contributed by atoms with Crippen LogP contribution in [-0.2, 0) is 24.1 Å². The van der Waals surface area contributed by atoms with E-state index in [9.17, 15) is 15.2 Å². The highest BCUT2D eigenvalue weighted by Gasteiger charge is 2.18. The monoisotopic (exact) mass is 403 g/mol. The van der Waals surface area contributed by atoms with Gasteiger partial charge in [-0.05, 0) is 72.9 Å². The summed E-state index contributed by atoms with van der Waals surface area (Å²) in [7, 11) is 0. The number of phenols is 1. The average molecular weight is 404 g/mol. The average Bonchev–Trinajstić information content (AvgIpc) is 2.78. The zero-order valence-corrected chi connectivity index (χ0v) is 17.4. The van der Waals surface area contributed by atoms with E-state index < -0.39 is 0 Å². The van der Waals surface area contributed by atoms with Crippen LogP contribution < -0.4 is 10.6 Å². The Labute approximate surface area is 178 Å². The molecule has 1 aliphatic rings. The number of phenolic OH excluding ortho intramolecular Hbond substituents is 1. The van der Waals surface area contributed by atoms with Crippen LogP contribution in [0.3, 0.4) is 0 Å². The molecule has 1 aliphatic carbocycles. The van der Waals surface area contributed by atoms with Gasteiger partial charge in [0.25, 0.3) is 5.91 Å². The summed E-state index contributed by atoms with van der Waals surface area (Å²) in [6.07, 6.45) is 7.67. The van der Waals surface area contributed by atoms with E-state index >= 15 is 0 Å². The zero-order chi connectivity index (χ0) is 21.3. The summed E-state index contributed by atoms with van der Waals surface area (Å²) in [5.41, 5.74) is 5.04. The van der Waals surface area contributed by atoms with Crippen molar-refractivity contribution >= 4 is 5.91 Å². The molecule has 2 aromatic rings. The minimum atomic E-state index is -0.362. The fraction of sp³-hybridized carbons (Fsp3) is 0.360. The Morgan fingerprint density at radius 3 is 2.60 bits per heavy atom. The summed E-state index contributed by atoms with van der Waals surface area (Å²) in [6, 6.07) is 15.4. The normalized spacial score (nSPS) is 14.3. The van der Waals surface area contributed by atoms with Crippen molar-refractivity contribution in [2.24, 2.45) is 0 Å². The van der Waals surface area contributed by atoms with Crippen molar-refractivity contribution in [1.29, 1.82) is 5.26 Å². The molecule has 1 unspecified atom stereocenters. The van der Waals surface area contributed by atoms with E-state index in [-0.39, 0.29) is 23.3 Å². The van der Waals surface area contributed by atoms with E-state index in [1.807, 2.05) is 25.1 Å². The number of aromatic hydroxyl groups is 1. The third-order valence-corrected chi connectivity index (χ3v) is 5.59. The highest BCUT2D eigenvalue weighted by atomic mass is 16.3. The quantitative estimate of drug-likeness (QED) is 0.352. The molecule has 0 aromatic heterocycles. The van der Waals surface area contributed by atoms with Gasteiger partial charge in [0.1, 0.15) is 17.4 Å². The fourth-order valence-corrected chi connectivity index (χ4v) is 3.83. The predicted octanol–water partition coefficient (Wildman–Crippen LogP) is 4.08. The number of hydrogen-bond acceptors (Lipinski definition) is 4. The van der Waals surface area contributed by atoms with Gasteiger partial charge in [-0.2, -0.15) is 5.26 Å². The molecule has 5 heteroatoms. The molecule has 0 radical (unpaired) electrons. The zero-order valence-electron chi connectivity index (χ0n) is 17.4. The molecule has 0 saturated heterocycles. The molecule has 0 spiro atoms. The Morgan fingerprint density at radius 1 is 1.17 bits per heavy atom. The molecule has 1 amide bonds. The van der Waals surface area contributed by atoms with Crippen LogP contribution in [0.15, 0.2) is 54.2 Å². The van der Waals surface area contributed by atoms with E-state index in [1.165, 1.54) is 30.2 Å². The van der Waals surface area contributed by atoms with Crippen molar-refractivity contribution in [1.82, 2.24) is 10.6 Å². The molecule has 0 heterocycles. The number of carbonyl (C=O) groups is 1. The van der Waals surface area contributed by atoms with Gasteiger partial charge in [0.05, 0.1) is 6.04 Å². The summed E-state index contributed by atoms with van der Waals surface area (Å²) >= 11 is 0. The number of amides is 1. The molecule has 0 saturated carbocycles. The second-order valence-corrected chi connectivity index (χ2v) is 7.71. The first-order chi connectivity index (χ1) is 14.6. The summed E-state index contributed by atoms with van der Waals surface area (Å²) in [5, 5.41) is 24.8. The van der Waals surface area contributed by atoms with Gasteiger partial charge in [0.2, 0.25) is 0 Å². The number of nitriles is 1. The van der Waals surface area contributed by atoms with Crippen LogP contribution >= 0.6 is 0 Å². The van der Waals surface area contributed by atoms with Crippen LogP contribution in [0.4, 0.5) is 0 Å². The molecule has 156 valence electrons. The summed E-state index contributed by atoms with van der Waals surface area (Å²) in [6.45, 7) is 2.63. The summed E-state index contributed by atoms with van der Waals surface area (Å²) < 4.78 is 0. The van der Waals surface area contributed by atoms with Crippen LogP contribution in [0.2, 0.25) is 0 Å². The van der Waals surface area contributed by atoms with Crippen LogP contribution in [0, 0.1) is 11.3 Å². The molecule has 0 aliphatic heterocycles. The van der Waals surface area contributed by atoms with Crippen molar-refractivity contribution in [2.45, 2.75) is 51.5 Å². The largest absolute Gasteiger partial charge is 0.508 e. The van der Waals surface area contributed by atoms with E-state index in [0.717, 1.165) is 36.8 Å². The Bertz CT molecular complexity index is 942. The number of hydrogen-bond donors (Lipinski definition) is 3. The lowest BCUT2D eigenvalue weighted by Crippen LogP contribution is -2.30. The van der Waals surface area contributed by atoms with E-state index in [1.54, 1.807) is 12.1 Å². The van der Waals surface area contributed by atoms with Crippen molar-refractivity contribution in [3.8, 4) is 11.8 Å². The summed E-state index contributed by atoms with van der Waals surface area (Å²) in [4.78, 5) is 12.6. The molecular weight excluding hydrogens is 374 g/mol. The van der Waals surface area contributed by atoms with Gasteiger partial charge < -0.3 is 15.7 Å². The number of aryl methyl sites for hydroxylation is 2. The standard InChI is InChI=1S/C25H29N3O2/c1-2-24(21-10-9-19-5-3-4-6-20(19)15-21)28-25(30)22(16-26)17-27-14-13-18-7-11-23(29)12-8-18/h7-12,15,17,24,27,29H,2-6,13-14H2,1H3,(H,28,30)/b22-17-. The fourth-order valence-electron chi connectivity index (χ4n) is 3.83. The molecule has 30 heavy (non-hydrogen) atoms. The van der Waals surface area contributed by atoms with Crippen molar-refractivity contribution < 1.29 is 9.90 Å². The number of rotatable bonds is 8. The predicted molar refractivity (Wildman–Crippen MR) is 118 cm³/mol. The first-order valence-corrected chi connectivity index (χ1v) is 10.6. The van der Waals surface area contributed by atoms with E-state index in [4.69, 9.17) is 0 Å². The van der Waals surface area contributed by atoms with Crippen molar-refractivity contribution in [2.75, 3.05) is 6.54 Å². The lowest BCUT2D eigenvalue weighted by Gasteiger charge is -2.21. The highest BCUT2D eigenvalue weighted by molar-refractivity contribution is 5.97. The van der Waals surface area contributed by atoms with Crippen LogP contribution in [0.1, 0.15) is 54.5 Å². The number of nitrogens with one attached hydrogen (secondary N) is 2. The van der Waals surface area contributed by atoms with Gasteiger partial charge in [-0.25, -0.2) is 0 Å². The number of nitrogens with zero attached hydrogens (tertiary/aromatic N) is 1. The Balaban J connectivity index is 1.58. The second kappa shape index (κ2) is 10.5. The smallest absolute Gasteiger partial charge is 0.263 e. The number of benzene rings is 2. The van der Waals surface area contributed by atoms with E-state index in [0.29, 0.717) is 6.54 Å². The second-order valence-electron chi connectivity index (χ2n) is 7.71. The molecule has 2 aromatic carbocycles. The first kappa shape index (κ1) is 21.4. The SMILES string of the molecule is CCC(NC(=O)/C(C#N)=C\NCCc1ccc(O)cc1)c1ccc2c(c1)CCCC2. The topological polar surface area (TPSA) is 85.2 Å².